The van der Waals surface area contributed by atoms with Crippen LogP contribution in [0.5, 0.6) is 0 Å². The fourth-order valence-electron chi connectivity index (χ4n) is 1.85. The summed E-state index contributed by atoms with van der Waals surface area (Å²) in [5.41, 5.74) is 0.567. The Morgan fingerprint density at radius 2 is 1.87 bits per heavy atom. The van der Waals surface area contributed by atoms with Crippen molar-refractivity contribution < 1.29 is 14.6 Å². The van der Waals surface area contributed by atoms with Crippen molar-refractivity contribution in [3.8, 4) is 0 Å². The van der Waals surface area contributed by atoms with E-state index >= 15 is 0 Å². The molecule has 1 atom stereocenters. The van der Waals surface area contributed by atoms with E-state index in [2.05, 4.69) is 0 Å². The summed E-state index contributed by atoms with van der Waals surface area (Å²) in [5, 5.41) is 9.54. The van der Waals surface area contributed by atoms with E-state index in [0.717, 1.165) is 5.56 Å². The fourth-order valence-corrected chi connectivity index (χ4v) is 1.85. The number of rotatable bonds is 3. The lowest BCUT2D eigenvalue weighted by atomic mass is 9.82. The number of aliphatic hydroxyl groups excluding tert-OH is 1. The summed E-state index contributed by atoms with van der Waals surface area (Å²) in [6.45, 7) is 3.18. The molecule has 1 N–H and O–H groups in total. The molecule has 0 bridgehead atoms. The van der Waals surface area contributed by atoms with Crippen LogP contribution < -0.4 is 0 Å². The third kappa shape index (κ3) is 1.91. The first-order valence-corrected chi connectivity index (χ1v) is 5.17. The van der Waals surface area contributed by atoms with Gasteiger partial charge in [-0.25, -0.2) is 0 Å². The molecular formula is C12H16O3. The summed E-state index contributed by atoms with van der Waals surface area (Å²) in [5.74, 6) is 0. The molecule has 1 aliphatic heterocycles. The molecule has 15 heavy (non-hydrogen) atoms. The quantitative estimate of drug-likeness (QED) is 0.814. The Balaban J connectivity index is 2.28. The Morgan fingerprint density at radius 1 is 1.27 bits per heavy atom. The Labute approximate surface area is 89.6 Å². The van der Waals surface area contributed by atoms with Gasteiger partial charge in [0, 0.05) is 0 Å². The normalized spacial score (nSPS) is 21.5. The van der Waals surface area contributed by atoms with Crippen molar-refractivity contribution in [2.45, 2.75) is 18.6 Å². The second-order valence-corrected chi connectivity index (χ2v) is 4.02. The lowest BCUT2D eigenvalue weighted by Crippen LogP contribution is -2.40. The van der Waals surface area contributed by atoms with Crippen LogP contribution in [0.2, 0.25) is 0 Å². The van der Waals surface area contributed by atoms with E-state index in [1.807, 2.05) is 37.3 Å². The van der Waals surface area contributed by atoms with Gasteiger partial charge in [0.05, 0.1) is 25.2 Å². The van der Waals surface area contributed by atoms with Gasteiger partial charge in [0.25, 0.3) is 0 Å². The van der Waals surface area contributed by atoms with Gasteiger partial charge in [0.15, 0.2) is 6.29 Å². The summed E-state index contributed by atoms with van der Waals surface area (Å²) in [7, 11) is 0. The lowest BCUT2D eigenvalue weighted by Gasteiger charge is -2.32. The highest BCUT2D eigenvalue weighted by Crippen LogP contribution is 2.31. The zero-order valence-corrected chi connectivity index (χ0v) is 8.85. The second-order valence-electron chi connectivity index (χ2n) is 4.02. The van der Waals surface area contributed by atoms with Gasteiger partial charge in [0.1, 0.15) is 0 Å². The average molecular weight is 208 g/mol. The minimum atomic E-state index is -0.474. The molecule has 0 amide bonds. The van der Waals surface area contributed by atoms with Crippen molar-refractivity contribution in [2.24, 2.45) is 0 Å². The highest BCUT2D eigenvalue weighted by molar-refractivity contribution is 5.25. The first kappa shape index (κ1) is 10.6. The van der Waals surface area contributed by atoms with E-state index in [1.54, 1.807) is 0 Å². The van der Waals surface area contributed by atoms with Gasteiger partial charge in [-0.05, 0) is 12.5 Å². The van der Waals surface area contributed by atoms with Crippen LogP contribution in [-0.4, -0.2) is 31.2 Å². The minimum Gasteiger partial charge on any atom is -0.395 e. The molecule has 1 aromatic carbocycles. The second kappa shape index (κ2) is 4.31. The van der Waals surface area contributed by atoms with Crippen molar-refractivity contribution in [2.75, 3.05) is 19.8 Å². The van der Waals surface area contributed by atoms with Gasteiger partial charge in [-0.3, -0.25) is 0 Å². The number of benzene rings is 1. The SMILES string of the molecule is CC(CO)(c1ccccc1)C1OCCO1. The van der Waals surface area contributed by atoms with Crippen molar-refractivity contribution in [3.63, 3.8) is 0 Å². The molecule has 0 saturated carbocycles. The van der Waals surface area contributed by atoms with E-state index in [0.29, 0.717) is 13.2 Å². The molecular weight excluding hydrogens is 192 g/mol. The van der Waals surface area contributed by atoms with Crippen LogP contribution >= 0.6 is 0 Å². The van der Waals surface area contributed by atoms with E-state index in [9.17, 15) is 5.11 Å². The van der Waals surface area contributed by atoms with Crippen LogP contribution in [-0.2, 0) is 14.9 Å². The molecule has 82 valence electrons. The summed E-state index contributed by atoms with van der Waals surface area (Å²) >= 11 is 0. The Kier molecular flexibility index (Phi) is 3.05. The maximum atomic E-state index is 9.54. The van der Waals surface area contributed by atoms with Crippen LogP contribution in [0.4, 0.5) is 0 Å². The van der Waals surface area contributed by atoms with Crippen molar-refractivity contribution in [1.29, 1.82) is 0 Å². The molecule has 0 aliphatic carbocycles. The predicted molar refractivity (Wildman–Crippen MR) is 56.6 cm³/mol. The highest BCUT2D eigenvalue weighted by Gasteiger charge is 2.39. The maximum absolute atomic E-state index is 9.54. The Morgan fingerprint density at radius 3 is 2.40 bits per heavy atom. The number of hydrogen-bond donors (Lipinski definition) is 1. The van der Waals surface area contributed by atoms with Gasteiger partial charge in [-0.15, -0.1) is 0 Å². The van der Waals surface area contributed by atoms with Crippen molar-refractivity contribution >= 4 is 0 Å². The third-order valence-electron chi connectivity index (χ3n) is 2.90. The minimum absolute atomic E-state index is 0.0156. The first-order chi connectivity index (χ1) is 7.27. The lowest BCUT2D eigenvalue weighted by molar-refractivity contribution is -0.107. The third-order valence-corrected chi connectivity index (χ3v) is 2.90. The molecule has 1 heterocycles. The monoisotopic (exact) mass is 208 g/mol. The fraction of sp³-hybridized carbons (Fsp3) is 0.500. The number of ether oxygens (including phenoxy) is 2. The molecule has 1 fully saturated rings. The molecule has 3 nitrogen and oxygen atoms in total. The molecule has 1 aliphatic rings. The summed E-state index contributed by atoms with van der Waals surface area (Å²) in [6, 6.07) is 9.84. The molecule has 2 rings (SSSR count). The highest BCUT2D eigenvalue weighted by atomic mass is 16.7. The van der Waals surface area contributed by atoms with Gasteiger partial charge in [-0.1, -0.05) is 30.3 Å². The van der Waals surface area contributed by atoms with Crippen molar-refractivity contribution in [3.05, 3.63) is 35.9 Å². The predicted octanol–water partition coefficient (Wildman–Crippen LogP) is 1.31. The molecule has 1 saturated heterocycles. The van der Waals surface area contributed by atoms with E-state index in [-0.39, 0.29) is 12.9 Å². The Hall–Kier alpha value is -0.900. The average Bonchev–Trinajstić information content (AvgIpc) is 2.83. The van der Waals surface area contributed by atoms with Crippen LogP contribution in [0.3, 0.4) is 0 Å². The largest absolute Gasteiger partial charge is 0.395 e. The van der Waals surface area contributed by atoms with Gasteiger partial charge < -0.3 is 14.6 Å². The maximum Gasteiger partial charge on any atom is 0.169 e. The van der Waals surface area contributed by atoms with E-state index in [1.165, 1.54) is 0 Å². The molecule has 0 radical (unpaired) electrons. The number of hydrogen-bond acceptors (Lipinski definition) is 3. The summed E-state index contributed by atoms with van der Waals surface area (Å²) < 4.78 is 11.0. The molecule has 1 unspecified atom stereocenters. The van der Waals surface area contributed by atoms with Crippen molar-refractivity contribution in [1.82, 2.24) is 0 Å². The van der Waals surface area contributed by atoms with Crippen LogP contribution in [0.1, 0.15) is 12.5 Å². The van der Waals surface area contributed by atoms with Gasteiger partial charge >= 0.3 is 0 Å². The van der Waals surface area contributed by atoms with Crippen LogP contribution in [0.15, 0.2) is 30.3 Å². The Bertz CT molecular complexity index is 306. The smallest absolute Gasteiger partial charge is 0.169 e. The zero-order valence-electron chi connectivity index (χ0n) is 8.85. The molecule has 3 heteroatoms. The molecule has 0 aromatic heterocycles. The standard InChI is InChI=1S/C12H16O3/c1-12(9-13,11-14-7-8-15-11)10-5-3-2-4-6-10/h2-6,11,13H,7-9H2,1H3. The van der Waals surface area contributed by atoms with Gasteiger partial charge in [0.2, 0.25) is 0 Å². The van der Waals surface area contributed by atoms with E-state index in [4.69, 9.17) is 9.47 Å². The first-order valence-electron chi connectivity index (χ1n) is 5.17. The zero-order chi connectivity index (χ0) is 10.7. The summed E-state index contributed by atoms with van der Waals surface area (Å²) in [6.07, 6.45) is -0.343. The number of aliphatic hydroxyl groups is 1. The van der Waals surface area contributed by atoms with E-state index < -0.39 is 5.41 Å². The summed E-state index contributed by atoms with van der Waals surface area (Å²) in [4.78, 5) is 0. The van der Waals surface area contributed by atoms with Crippen LogP contribution in [0.25, 0.3) is 0 Å². The van der Waals surface area contributed by atoms with Gasteiger partial charge in [-0.2, -0.15) is 0 Å². The molecule has 1 aromatic rings. The van der Waals surface area contributed by atoms with Crippen LogP contribution in [0, 0.1) is 0 Å². The topological polar surface area (TPSA) is 38.7 Å². The molecule has 0 spiro atoms.